The zero-order valence-corrected chi connectivity index (χ0v) is 13.2. The molecule has 8 heteroatoms. The molecule has 0 aliphatic heterocycles. The van der Waals surface area contributed by atoms with Crippen LogP contribution in [-0.2, 0) is 14.8 Å². The van der Waals surface area contributed by atoms with Crippen molar-refractivity contribution in [1.29, 1.82) is 0 Å². The molecule has 0 saturated carbocycles. The third-order valence-electron chi connectivity index (χ3n) is 2.60. The van der Waals surface area contributed by atoms with Crippen molar-refractivity contribution in [2.24, 2.45) is 5.73 Å². The molecule has 1 aromatic rings. The van der Waals surface area contributed by atoms with Crippen molar-refractivity contribution in [3.8, 4) is 0 Å². The molecule has 1 rings (SSSR count). The van der Waals surface area contributed by atoms with Gasteiger partial charge in [-0.2, -0.15) is 0 Å². The molecule has 0 aromatic heterocycles. The van der Waals surface area contributed by atoms with E-state index in [9.17, 15) is 13.2 Å². The second-order valence-corrected chi connectivity index (χ2v) is 5.91. The lowest BCUT2D eigenvalue weighted by Crippen LogP contribution is -2.38. The molecule has 0 spiro atoms. The molecule has 0 radical (unpaired) electrons. The van der Waals surface area contributed by atoms with Crippen molar-refractivity contribution in [2.45, 2.75) is 24.8 Å². The first-order valence-corrected chi connectivity index (χ1v) is 7.21. The minimum Gasteiger partial charge on any atom is -0.465 e. The number of hydrogen-bond donors (Lipinski definition) is 2. The number of esters is 1. The lowest BCUT2D eigenvalue weighted by molar-refractivity contribution is 0.0600. The summed E-state index contributed by atoms with van der Waals surface area (Å²) in [5.41, 5.74) is 6.17. The van der Waals surface area contributed by atoms with E-state index in [4.69, 9.17) is 5.73 Å². The molecule has 0 fully saturated rings. The number of hydrogen-bond acceptors (Lipinski definition) is 5. The van der Waals surface area contributed by atoms with E-state index in [-0.39, 0.29) is 29.9 Å². The van der Waals surface area contributed by atoms with E-state index < -0.39 is 16.0 Å². The number of rotatable bonds is 5. The third kappa shape index (κ3) is 4.45. The minimum atomic E-state index is -3.63. The summed E-state index contributed by atoms with van der Waals surface area (Å²) in [5.74, 6) is -0.504. The zero-order chi connectivity index (χ0) is 14.6. The highest BCUT2D eigenvalue weighted by Gasteiger charge is 2.20. The van der Waals surface area contributed by atoms with Gasteiger partial charge in [0.05, 0.1) is 17.6 Å². The smallest absolute Gasteiger partial charge is 0.337 e. The molecule has 0 aliphatic rings. The molecular formula is C12H19ClN2O4S. The highest BCUT2D eigenvalue weighted by atomic mass is 35.5. The van der Waals surface area contributed by atoms with Crippen LogP contribution in [0.5, 0.6) is 0 Å². The van der Waals surface area contributed by atoms with Crippen LogP contribution in [0.3, 0.4) is 0 Å². The maximum Gasteiger partial charge on any atom is 0.337 e. The number of nitrogens with two attached hydrogens (primary N) is 1. The van der Waals surface area contributed by atoms with Crippen LogP contribution in [0, 0.1) is 6.92 Å². The summed E-state index contributed by atoms with van der Waals surface area (Å²) in [7, 11) is -2.36. The fraction of sp³-hybridized carbons (Fsp3) is 0.417. The Labute approximate surface area is 125 Å². The van der Waals surface area contributed by atoms with Crippen LogP contribution in [-0.4, -0.2) is 34.1 Å². The van der Waals surface area contributed by atoms with Gasteiger partial charge in [-0.05, 0) is 37.6 Å². The van der Waals surface area contributed by atoms with Gasteiger partial charge in [0, 0.05) is 12.6 Å². The van der Waals surface area contributed by atoms with Crippen LogP contribution in [0.15, 0.2) is 23.1 Å². The van der Waals surface area contributed by atoms with E-state index in [1.807, 2.05) is 0 Å². The average Bonchev–Trinajstić information content (AvgIpc) is 2.36. The van der Waals surface area contributed by atoms with Crippen molar-refractivity contribution in [3.05, 3.63) is 29.3 Å². The summed E-state index contributed by atoms with van der Waals surface area (Å²) in [6, 6.07) is 3.92. The average molecular weight is 323 g/mol. The maximum atomic E-state index is 12.1. The number of nitrogens with one attached hydrogen (secondary N) is 1. The zero-order valence-electron chi connectivity index (χ0n) is 11.5. The van der Waals surface area contributed by atoms with Crippen molar-refractivity contribution in [2.75, 3.05) is 13.7 Å². The summed E-state index contributed by atoms with van der Waals surface area (Å²) in [5, 5.41) is 0. The highest BCUT2D eigenvalue weighted by molar-refractivity contribution is 7.89. The SMILES string of the molecule is COC(=O)c1ccc(S(=O)(=O)N[C@@H](C)CN)c(C)c1.Cl. The van der Waals surface area contributed by atoms with Crippen LogP contribution < -0.4 is 10.5 Å². The van der Waals surface area contributed by atoms with E-state index in [0.717, 1.165) is 0 Å². The van der Waals surface area contributed by atoms with Crippen LogP contribution in [0.2, 0.25) is 0 Å². The van der Waals surface area contributed by atoms with Gasteiger partial charge in [-0.25, -0.2) is 17.9 Å². The topological polar surface area (TPSA) is 98.5 Å². The van der Waals surface area contributed by atoms with Crippen LogP contribution in [0.1, 0.15) is 22.8 Å². The summed E-state index contributed by atoms with van der Waals surface area (Å²) < 4.78 is 31.2. The minimum absolute atomic E-state index is 0. The van der Waals surface area contributed by atoms with Gasteiger partial charge in [-0.1, -0.05) is 0 Å². The second kappa shape index (κ2) is 7.58. The summed E-state index contributed by atoms with van der Waals surface area (Å²) in [6.45, 7) is 3.50. The van der Waals surface area contributed by atoms with Crippen LogP contribution in [0.4, 0.5) is 0 Å². The van der Waals surface area contributed by atoms with Gasteiger partial charge in [0.2, 0.25) is 10.0 Å². The van der Waals surface area contributed by atoms with Crippen molar-refractivity contribution >= 4 is 28.4 Å². The first-order chi connectivity index (χ1) is 8.81. The maximum absolute atomic E-state index is 12.1. The molecule has 3 N–H and O–H groups in total. The van der Waals surface area contributed by atoms with Gasteiger partial charge in [-0.15, -0.1) is 12.4 Å². The lowest BCUT2D eigenvalue weighted by Gasteiger charge is -2.14. The Morgan fingerprint density at radius 1 is 1.45 bits per heavy atom. The number of benzene rings is 1. The van der Waals surface area contributed by atoms with Gasteiger partial charge in [0.25, 0.3) is 0 Å². The van der Waals surface area contributed by atoms with Crippen LogP contribution in [0.25, 0.3) is 0 Å². The molecule has 20 heavy (non-hydrogen) atoms. The van der Waals surface area contributed by atoms with Gasteiger partial charge in [-0.3, -0.25) is 0 Å². The Kier molecular flexibility index (Phi) is 7.15. The first-order valence-electron chi connectivity index (χ1n) is 5.73. The molecule has 0 saturated heterocycles. The molecule has 6 nitrogen and oxygen atoms in total. The fourth-order valence-electron chi connectivity index (χ4n) is 1.57. The number of carbonyl (C=O) groups is 1. The van der Waals surface area contributed by atoms with Gasteiger partial charge in [0.1, 0.15) is 0 Å². The summed E-state index contributed by atoms with van der Waals surface area (Å²) in [4.78, 5) is 11.5. The van der Waals surface area contributed by atoms with E-state index in [2.05, 4.69) is 9.46 Å². The molecule has 1 aromatic carbocycles. The van der Waals surface area contributed by atoms with Gasteiger partial charge < -0.3 is 10.5 Å². The van der Waals surface area contributed by atoms with E-state index in [0.29, 0.717) is 11.1 Å². The fourth-order valence-corrected chi connectivity index (χ4v) is 3.06. The Morgan fingerprint density at radius 3 is 2.50 bits per heavy atom. The molecule has 0 unspecified atom stereocenters. The Bertz CT molecular complexity index is 575. The third-order valence-corrected chi connectivity index (χ3v) is 4.35. The molecule has 0 heterocycles. The number of aryl methyl sites for hydroxylation is 1. The molecule has 0 amide bonds. The van der Waals surface area contributed by atoms with Crippen molar-refractivity contribution in [3.63, 3.8) is 0 Å². The Balaban J connectivity index is 0.00000361. The van der Waals surface area contributed by atoms with Gasteiger partial charge in [0.15, 0.2) is 0 Å². The molecule has 1 atom stereocenters. The molecule has 0 aliphatic carbocycles. The molecule has 0 bridgehead atoms. The van der Waals surface area contributed by atoms with E-state index in [1.54, 1.807) is 13.8 Å². The first kappa shape index (κ1) is 18.9. The second-order valence-electron chi connectivity index (χ2n) is 4.23. The Hall–Kier alpha value is -1.15. The number of sulfonamides is 1. The van der Waals surface area contributed by atoms with E-state index in [1.165, 1.54) is 25.3 Å². The largest absolute Gasteiger partial charge is 0.465 e. The molecular weight excluding hydrogens is 304 g/mol. The number of ether oxygens (including phenoxy) is 1. The van der Waals surface area contributed by atoms with Crippen LogP contribution >= 0.6 is 12.4 Å². The summed E-state index contributed by atoms with van der Waals surface area (Å²) >= 11 is 0. The predicted octanol–water partition coefficient (Wildman–Crippen LogP) is 0.829. The summed E-state index contributed by atoms with van der Waals surface area (Å²) in [6.07, 6.45) is 0. The lowest BCUT2D eigenvalue weighted by atomic mass is 10.1. The van der Waals surface area contributed by atoms with Crippen molar-refractivity contribution < 1.29 is 17.9 Å². The van der Waals surface area contributed by atoms with E-state index >= 15 is 0 Å². The van der Waals surface area contributed by atoms with Gasteiger partial charge >= 0.3 is 5.97 Å². The number of methoxy groups -OCH3 is 1. The quantitative estimate of drug-likeness (QED) is 0.782. The van der Waals surface area contributed by atoms with Crippen molar-refractivity contribution in [1.82, 2.24) is 4.72 Å². The predicted molar refractivity (Wildman–Crippen MR) is 78.6 cm³/mol. The number of halogens is 1. The molecule has 114 valence electrons. The monoisotopic (exact) mass is 322 g/mol. The number of carbonyl (C=O) groups excluding carboxylic acids is 1. The Morgan fingerprint density at radius 2 is 2.05 bits per heavy atom. The normalized spacial score (nSPS) is 12.4. The highest BCUT2D eigenvalue weighted by Crippen LogP contribution is 2.17. The standard InChI is InChI=1S/C12H18N2O4S.ClH/c1-8-6-10(12(15)18-3)4-5-11(8)19(16,17)14-9(2)7-13;/h4-6,9,14H,7,13H2,1-3H3;1H/t9-;/m0./s1.